The molecular formula is C15H13BrClNO2. The summed E-state index contributed by atoms with van der Waals surface area (Å²) in [5.74, 6) is -0.875. The van der Waals surface area contributed by atoms with E-state index < -0.39 is 5.97 Å². The highest BCUT2D eigenvalue weighted by atomic mass is 79.9. The van der Waals surface area contributed by atoms with Crippen LogP contribution in [0.2, 0.25) is 5.02 Å². The number of hydrogen-bond acceptors (Lipinski definition) is 2. The maximum Gasteiger partial charge on any atom is 0.323 e. The monoisotopic (exact) mass is 353 g/mol. The summed E-state index contributed by atoms with van der Waals surface area (Å²) in [6.07, 6.45) is 0. The Hall–Kier alpha value is -1.52. The van der Waals surface area contributed by atoms with Gasteiger partial charge in [0.1, 0.15) is 6.54 Å². The number of anilines is 1. The van der Waals surface area contributed by atoms with Crippen molar-refractivity contribution in [2.24, 2.45) is 0 Å². The van der Waals surface area contributed by atoms with Crippen LogP contribution in [0.15, 0.2) is 53.0 Å². The van der Waals surface area contributed by atoms with E-state index in [-0.39, 0.29) is 6.54 Å². The fourth-order valence-electron chi connectivity index (χ4n) is 1.93. The topological polar surface area (TPSA) is 40.5 Å². The Morgan fingerprint density at radius 2 is 1.95 bits per heavy atom. The molecule has 2 aromatic carbocycles. The van der Waals surface area contributed by atoms with E-state index in [0.717, 1.165) is 15.7 Å². The molecule has 0 spiro atoms. The van der Waals surface area contributed by atoms with Crippen LogP contribution in [0.25, 0.3) is 0 Å². The molecule has 3 nitrogen and oxygen atoms in total. The minimum Gasteiger partial charge on any atom is -0.480 e. The molecule has 0 saturated heterocycles. The SMILES string of the molecule is O=C(O)CN(Cc1cccc(Br)c1)c1cccc(Cl)c1. The quantitative estimate of drug-likeness (QED) is 0.875. The molecule has 5 heteroatoms. The predicted molar refractivity (Wildman–Crippen MR) is 84.3 cm³/mol. The first-order valence-electron chi connectivity index (χ1n) is 6.01. The first kappa shape index (κ1) is 14.9. The summed E-state index contributed by atoms with van der Waals surface area (Å²) >= 11 is 9.39. The van der Waals surface area contributed by atoms with Gasteiger partial charge in [0.2, 0.25) is 0 Å². The van der Waals surface area contributed by atoms with Gasteiger partial charge in [-0.15, -0.1) is 0 Å². The van der Waals surface area contributed by atoms with Crippen LogP contribution in [-0.4, -0.2) is 17.6 Å². The third kappa shape index (κ3) is 4.25. The summed E-state index contributed by atoms with van der Waals surface area (Å²) in [5, 5.41) is 9.65. The molecule has 0 aliphatic rings. The average Bonchev–Trinajstić information content (AvgIpc) is 2.37. The highest BCUT2D eigenvalue weighted by Crippen LogP contribution is 2.22. The summed E-state index contributed by atoms with van der Waals surface area (Å²) in [6.45, 7) is 0.430. The normalized spacial score (nSPS) is 10.3. The second-order valence-electron chi connectivity index (χ2n) is 4.36. The lowest BCUT2D eigenvalue weighted by atomic mass is 10.2. The van der Waals surface area contributed by atoms with Gasteiger partial charge in [-0.05, 0) is 35.9 Å². The van der Waals surface area contributed by atoms with Crippen LogP contribution in [-0.2, 0) is 11.3 Å². The zero-order valence-corrected chi connectivity index (χ0v) is 12.9. The zero-order valence-electron chi connectivity index (χ0n) is 10.6. The Kier molecular flexibility index (Phi) is 5.04. The third-order valence-electron chi connectivity index (χ3n) is 2.76. The Morgan fingerprint density at radius 3 is 2.60 bits per heavy atom. The summed E-state index contributed by atoms with van der Waals surface area (Å²) in [4.78, 5) is 12.8. The maximum absolute atomic E-state index is 11.0. The predicted octanol–water partition coefficient (Wildman–Crippen LogP) is 4.19. The number of nitrogens with zero attached hydrogens (tertiary/aromatic N) is 1. The number of carboxylic acids is 1. The molecule has 0 atom stereocenters. The van der Waals surface area contributed by atoms with Gasteiger partial charge in [-0.25, -0.2) is 0 Å². The van der Waals surface area contributed by atoms with Gasteiger partial charge in [-0.3, -0.25) is 4.79 Å². The van der Waals surface area contributed by atoms with Crippen LogP contribution in [0.4, 0.5) is 5.69 Å². The summed E-state index contributed by atoms with van der Waals surface area (Å²) in [7, 11) is 0. The fourth-order valence-corrected chi connectivity index (χ4v) is 2.56. The number of halogens is 2. The van der Waals surface area contributed by atoms with Crippen molar-refractivity contribution >= 4 is 39.2 Å². The molecular weight excluding hydrogens is 342 g/mol. The smallest absolute Gasteiger partial charge is 0.323 e. The van der Waals surface area contributed by atoms with Crippen molar-refractivity contribution in [3.05, 3.63) is 63.6 Å². The Morgan fingerprint density at radius 1 is 1.20 bits per heavy atom. The molecule has 0 fully saturated rings. The Balaban J connectivity index is 2.26. The lowest BCUT2D eigenvalue weighted by molar-refractivity contribution is -0.135. The van der Waals surface area contributed by atoms with Crippen molar-refractivity contribution < 1.29 is 9.90 Å². The Labute approximate surface area is 130 Å². The number of rotatable bonds is 5. The number of hydrogen-bond donors (Lipinski definition) is 1. The van der Waals surface area contributed by atoms with Crippen LogP contribution >= 0.6 is 27.5 Å². The molecule has 0 aromatic heterocycles. The van der Waals surface area contributed by atoms with E-state index in [0.29, 0.717) is 11.6 Å². The first-order valence-corrected chi connectivity index (χ1v) is 7.18. The van der Waals surface area contributed by atoms with E-state index in [1.54, 1.807) is 17.0 Å². The molecule has 2 aromatic rings. The Bertz CT molecular complexity index is 618. The van der Waals surface area contributed by atoms with Crippen LogP contribution in [0, 0.1) is 0 Å². The largest absolute Gasteiger partial charge is 0.480 e. The van der Waals surface area contributed by atoms with Gasteiger partial charge in [0.15, 0.2) is 0 Å². The van der Waals surface area contributed by atoms with Gasteiger partial charge in [0.25, 0.3) is 0 Å². The van der Waals surface area contributed by atoms with Gasteiger partial charge in [-0.1, -0.05) is 45.7 Å². The standard InChI is InChI=1S/C15H13BrClNO2/c16-12-4-1-3-11(7-12)9-18(10-15(19)20)14-6-2-5-13(17)8-14/h1-8H,9-10H2,(H,19,20). The average molecular weight is 355 g/mol. The van der Waals surface area contributed by atoms with E-state index in [4.69, 9.17) is 16.7 Å². The molecule has 104 valence electrons. The number of benzene rings is 2. The van der Waals surface area contributed by atoms with Crippen molar-refractivity contribution in [1.82, 2.24) is 0 Å². The van der Waals surface area contributed by atoms with Crippen LogP contribution in [0.5, 0.6) is 0 Å². The molecule has 0 saturated carbocycles. The molecule has 0 aliphatic carbocycles. The van der Waals surface area contributed by atoms with Crippen LogP contribution < -0.4 is 4.90 Å². The number of carbonyl (C=O) groups is 1. The number of carboxylic acid groups (broad SMARTS) is 1. The van der Waals surface area contributed by atoms with Crippen molar-refractivity contribution in [1.29, 1.82) is 0 Å². The minimum absolute atomic E-state index is 0.0765. The molecule has 1 N–H and O–H groups in total. The second kappa shape index (κ2) is 6.77. The van der Waals surface area contributed by atoms with E-state index in [2.05, 4.69) is 15.9 Å². The highest BCUT2D eigenvalue weighted by molar-refractivity contribution is 9.10. The molecule has 2 rings (SSSR count). The lowest BCUT2D eigenvalue weighted by Gasteiger charge is -2.23. The molecule has 0 amide bonds. The zero-order chi connectivity index (χ0) is 14.5. The highest BCUT2D eigenvalue weighted by Gasteiger charge is 2.12. The molecule has 20 heavy (non-hydrogen) atoms. The van der Waals surface area contributed by atoms with E-state index >= 15 is 0 Å². The van der Waals surface area contributed by atoms with Crippen LogP contribution in [0.3, 0.4) is 0 Å². The lowest BCUT2D eigenvalue weighted by Crippen LogP contribution is -2.29. The molecule has 0 radical (unpaired) electrons. The van der Waals surface area contributed by atoms with Gasteiger partial charge >= 0.3 is 5.97 Å². The van der Waals surface area contributed by atoms with Gasteiger partial charge in [0.05, 0.1) is 0 Å². The molecule has 0 aliphatic heterocycles. The summed E-state index contributed by atoms with van der Waals surface area (Å²) in [6, 6.07) is 15.0. The van der Waals surface area contributed by atoms with Gasteiger partial charge < -0.3 is 10.0 Å². The van der Waals surface area contributed by atoms with E-state index in [1.165, 1.54) is 0 Å². The second-order valence-corrected chi connectivity index (χ2v) is 5.71. The molecule has 0 unspecified atom stereocenters. The maximum atomic E-state index is 11.0. The summed E-state index contributed by atoms with van der Waals surface area (Å²) in [5.41, 5.74) is 1.82. The first-order chi connectivity index (χ1) is 9.54. The van der Waals surface area contributed by atoms with Crippen molar-refractivity contribution in [2.75, 3.05) is 11.4 Å². The summed E-state index contributed by atoms with van der Waals surface area (Å²) < 4.78 is 0.969. The van der Waals surface area contributed by atoms with Crippen LogP contribution in [0.1, 0.15) is 5.56 Å². The van der Waals surface area contributed by atoms with Crippen molar-refractivity contribution in [3.8, 4) is 0 Å². The number of aliphatic carboxylic acids is 1. The minimum atomic E-state index is -0.875. The van der Waals surface area contributed by atoms with Crippen molar-refractivity contribution in [3.63, 3.8) is 0 Å². The molecule has 0 heterocycles. The van der Waals surface area contributed by atoms with Crippen molar-refractivity contribution in [2.45, 2.75) is 6.54 Å². The molecule has 0 bridgehead atoms. The van der Waals surface area contributed by atoms with E-state index in [9.17, 15) is 4.79 Å². The van der Waals surface area contributed by atoms with Gasteiger partial charge in [0, 0.05) is 21.7 Å². The van der Waals surface area contributed by atoms with E-state index in [1.807, 2.05) is 36.4 Å². The fraction of sp³-hybridized carbons (Fsp3) is 0.133. The third-order valence-corrected chi connectivity index (χ3v) is 3.49. The van der Waals surface area contributed by atoms with Gasteiger partial charge in [-0.2, -0.15) is 0 Å².